The molecule has 0 saturated carbocycles. The first-order valence-electron chi connectivity index (χ1n) is 12.6. The third kappa shape index (κ3) is 8.82. The number of nitrogens with two attached hydrogens (primary N) is 2. The van der Waals surface area contributed by atoms with Crippen molar-refractivity contribution in [3.8, 4) is 0 Å². The van der Waals surface area contributed by atoms with Crippen LogP contribution >= 0.6 is 20.2 Å². The molecule has 3 nitrogen and oxygen atoms in total. The van der Waals surface area contributed by atoms with Crippen LogP contribution in [0, 0.1) is 0 Å². The van der Waals surface area contributed by atoms with Crippen LogP contribution < -0.4 is 11.5 Å². The van der Waals surface area contributed by atoms with Crippen LogP contribution in [-0.4, -0.2) is 13.1 Å². The standard InChI is InChI=1S/C28H44N3.2ClH.Fe/c1-7-19-13-21(9-3)27(22(10-4)14-19)25(29)17-31-18-26(30)28-23(11-5)15-20(8-2)16-24(28)12-6;;;/h13-16,25-26H,7-12,17-18,29-30H2,1-6H3;2*1H;/q-1;;;+3/p-2. The van der Waals surface area contributed by atoms with Crippen LogP contribution in [0.3, 0.4) is 0 Å². The molecule has 0 amide bonds. The summed E-state index contributed by atoms with van der Waals surface area (Å²) in [5.74, 6) is 0. The van der Waals surface area contributed by atoms with E-state index in [1.54, 1.807) is 0 Å². The Balaban J connectivity index is 0.00000182. The van der Waals surface area contributed by atoms with Gasteiger partial charge >= 0.3 is 33.3 Å². The van der Waals surface area contributed by atoms with Gasteiger partial charge in [0.05, 0.1) is 0 Å². The Labute approximate surface area is 223 Å². The second kappa shape index (κ2) is 17.0. The summed E-state index contributed by atoms with van der Waals surface area (Å²) >= 11 is 0.194. The summed E-state index contributed by atoms with van der Waals surface area (Å²) in [5.41, 5.74) is 24.3. The maximum absolute atomic E-state index is 6.68. The van der Waals surface area contributed by atoms with Crippen LogP contribution in [-0.2, 0) is 51.7 Å². The Morgan fingerprint density at radius 2 is 0.882 bits per heavy atom. The average molecular weight is 549 g/mol. The van der Waals surface area contributed by atoms with Crippen LogP contribution in [0.5, 0.6) is 0 Å². The molecule has 0 bridgehead atoms. The molecule has 0 fully saturated rings. The van der Waals surface area contributed by atoms with Crippen LogP contribution in [0.2, 0.25) is 0 Å². The molecular weight excluding hydrogens is 505 g/mol. The Morgan fingerprint density at radius 1 is 0.618 bits per heavy atom. The van der Waals surface area contributed by atoms with Crippen LogP contribution in [0.4, 0.5) is 0 Å². The normalized spacial score (nSPS) is 12.8. The van der Waals surface area contributed by atoms with E-state index in [1.165, 1.54) is 44.5 Å². The van der Waals surface area contributed by atoms with E-state index < -0.39 is 0 Å². The summed E-state index contributed by atoms with van der Waals surface area (Å²) in [4.78, 5) is 0. The van der Waals surface area contributed by atoms with Crippen molar-refractivity contribution in [3.05, 3.63) is 74.1 Å². The van der Waals surface area contributed by atoms with Gasteiger partial charge in [-0.3, -0.25) is 0 Å². The van der Waals surface area contributed by atoms with E-state index in [4.69, 9.17) is 37.0 Å². The molecule has 0 radical (unpaired) electrons. The molecule has 4 N–H and O–H groups in total. The van der Waals surface area contributed by atoms with Gasteiger partial charge in [-0.25, -0.2) is 0 Å². The second-order valence-corrected chi connectivity index (χ2v) is 10.5. The van der Waals surface area contributed by atoms with Crippen molar-refractivity contribution in [2.24, 2.45) is 11.5 Å². The zero-order valence-corrected chi connectivity index (χ0v) is 24.4. The van der Waals surface area contributed by atoms with Gasteiger partial charge in [0.25, 0.3) is 0 Å². The number of nitrogens with zero attached hydrogens (tertiary/aromatic N) is 1. The van der Waals surface area contributed by atoms with E-state index in [9.17, 15) is 0 Å². The first-order valence-corrected chi connectivity index (χ1v) is 15.7. The van der Waals surface area contributed by atoms with Crippen molar-refractivity contribution in [2.75, 3.05) is 13.1 Å². The second-order valence-electron chi connectivity index (χ2n) is 8.63. The molecular formula is C28H44Cl2FeN3. The van der Waals surface area contributed by atoms with Crippen LogP contribution in [0.15, 0.2) is 24.3 Å². The third-order valence-corrected chi connectivity index (χ3v) is 6.56. The Hall–Kier alpha value is -0.581. The molecule has 2 atom stereocenters. The van der Waals surface area contributed by atoms with Gasteiger partial charge in [-0.05, 0) is 83.0 Å². The van der Waals surface area contributed by atoms with Gasteiger partial charge < -0.3 is 16.8 Å². The first kappa shape index (κ1) is 31.4. The summed E-state index contributed by atoms with van der Waals surface area (Å²) in [6, 6.07) is 9.18. The van der Waals surface area contributed by atoms with Gasteiger partial charge in [0.1, 0.15) is 0 Å². The Morgan fingerprint density at radius 3 is 1.09 bits per heavy atom. The molecule has 2 aromatic rings. The van der Waals surface area contributed by atoms with Crippen molar-refractivity contribution in [3.63, 3.8) is 0 Å². The van der Waals surface area contributed by atoms with E-state index in [0.29, 0.717) is 13.1 Å². The van der Waals surface area contributed by atoms with Gasteiger partial charge in [0.15, 0.2) is 0 Å². The summed E-state index contributed by atoms with van der Waals surface area (Å²) < 4.78 is 0. The summed E-state index contributed by atoms with van der Waals surface area (Å²) in [6.45, 7) is 14.5. The maximum atomic E-state index is 6.68. The number of rotatable bonds is 12. The quantitative estimate of drug-likeness (QED) is 0.269. The van der Waals surface area contributed by atoms with Gasteiger partial charge in [-0.2, -0.15) is 0 Å². The van der Waals surface area contributed by atoms with Gasteiger partial charge in [-0.1, -0.05) is 65.8 Å². The zero-order valence-electron chi connectivity index (χ0n) is 21.8. The predicted octanol–water partition coefficient (Wildman–Crippen LogP) is 7.51. The van der Waals surface area contributed by atoms with E-state index in [0.717, 1.165) is 38.5 Å². The van der Waals surface area contributed by atoms with E-state index in [1.807, 2.05) is 0 Å². The van der Waals surface area contributed by atoms with Gasteiger partial charge in [0, 0.05) is 12.1 Å². The zero-order chi connectivity index (χ0) is 25.7. The fraction of sp³-hybridized carbons (Fsp3) is 0.571. The molecule has 0 aliphatic heterocycles. The number of benzene rings is 2. The van der Waals surface area contributed by atoms with Crippen molar-refractivity contribution >= 4 is 20.2 Å². The van der Waals surface area contributed by atoms with Crippen LogP contribution in [0.25, 0.3) is 5.32 Å². The molecule has 2 rings (SSSR count). The van der Waals surface area contributed by atoms with Crippen LogP contribution in [0.1, 0.15) is 98.1 Å². The molecule has 2 unspecified atom stereocenters. The predicted molar refractivity (Wildman–Crippen MR) is 148 cm³/mol. The first-order chi connectivity index (χ1) is 16.3. The summed E-state index contributed by atoms with van der Waals surface area (Å²) in [5, 5.41) is 4.86. The van der Waals surface area contributed by atoms with E-state index in [-0.39, 0.29) is 25.2 Å². The third-order valence-electron chi connectivity index (χ3n) is 6.56. The fourth-order valence-corrected chi connectivity index (χ4v) is 4.77. The minimum atomic E-state index is -0.0678. The van der Waals surface area contributed by atoms with E-state index >= 15 is 0 Å². The van der Waals surface area contributed by atoms with Gasteiger partial charge in [-0.15, -0.1) is 13.1 Å². The van der Waals surface area contributed by atoms with Crippen molar-refractivity contribution in [2.45, 2.75) is 92.2 Å². The molecule has 0 spiro atoms. The average Bonchev–Trinajstić information content (AvgIpc) is 2.86. The number of aryl methyl sites for hydroxylation is 6. The molecule has 6 heteroatoms. The number of hydrogen-bond donors (Lipinski definition) is 2. The molecule has 34 heavy (non-hydrogen) atoms. The summed E-state index contributed by atoms with van der Waals surface area (Å²) in [7, 11) is 9.53. The number of halogens is 2. The molecule has 0 heterocycles. The van der Waals surface area contributed by atoms with E-state index in [2.05, 4.69) is 65.8 Å². The summed E-state index contributed by atoms with van der Waals surface area (Å²) in [6.07, 6.45) is 6.15. The molecule has 193 valence electrons. The fourth-order valence-electron chi connectivity index (χ4n) is 4.77. The molecule has 0 aromatic heterocycles. The van der Waals surface area contributed by atoms with Gasteiger partial charge in [0.2, 0.25) is 0 Å². The molecule has 0 aliphatic rings. The minimum absolute atomic E-state index is 0.0678. The molecule has 0 saturated heterocycles. The monoisotopic (exact) mass is 548 g/mol. The van der Waals surface area contributed by atoms with Crippen molar-refractivity contribution in [1.29, 1.82) is 0 Å². The Bertz CT molecular complexity index is 753. The Kier molecular flexibility index (Phi) is 15.7. The van der Waals surface area contributed by atoms with Crippen molar-refractivity contribution < 1.29 is 13.1 Å². The number of hydrogen-bond acceptors (Lipinski definition) is 2. The molecule has 0 aliphatic carbocycles. The topological polar surface area (TPSA) is 66.1 Å². The van der Waals surface area contributed by atoms with Crippen molar-refractivity contribution in [1.82, 2.24) is 0 Å². The molecule has 2 aromatic carbocycles. The SMILES string of the molecule is CCc1cc(CC)c(C(N)C[N-]CC(N)c2c(CC)cc(CC)cc2CC)c(CC)c1.[Cl][Fe+][Cl].